The van der Waals surface area contributed by atoms with Crippen molar-refractivity contribution in [1.82, 2.24) is 19.9 Å². The number of nitrogens with one attached hydrogen (secondary N) is 1. The third-order valence-corrected chi connectivity index (χ3v) is 4.57. The zero-order chi connectivity index (χ0) is 17.1. The Morgan fingerprint density at radius 2 is 2.00 bits per heavy atom. The molecule has 1 aromatic carbocycles. The molecule has 1 aromatic heterocycles. The number of carbonyl (C=O) groups is 1. The van der Waals surface area contributed by atoms with Gasteiger partial charge in [-0.25, -0.2) is 0 Å². The van der Waals surface area contributed by atoms with Crippen molar-refractivity contribution in [2.75, 3.05) is 13.2 Å². The summed E-state index contributed by atoms with van der Waals surface area (Å²) in [6, 6.07) is 7.35. The molecule has 0 saturated carbocycles. The maximum Gasteiger partial charge on any atom is 0.256 e. The monoisotopic (exact) mass is 327 g/mol. The van der Waals surface area contributed by atoms with E-state index in [1.54, 1.807) is 23.4 Å². The van der Waals surface area contributed by atoms with Gasteiger partial charge >= 0.3 is 0 Å². The number of aliphatic hydroxyl groups is 1. The minimum absolute atomic E-state index is 0.0786. The summed E-state index contributed by atoms with van der Waals surface area (Å²) < 4.78 is 0. The quantitative estimate of drug-likeness (QED) is 0.832. The Kier molecular flexibility index (Phi) is 4.71. The molecule has 3 rings (SSSR count). The normalized spacial score (nSPS) is 20.8. The van der Waals surface area contributed by atoms with Crippen LogP contribution in [0.1, 0.15) is 30.1 Å². The van der Waals surface area contributed by atoms with Crippen LogP contribution in [0.5, 0.6) is 0 Å². The zero-order valence-corrected chi connectivity index (χ0v) is 13.6. The molecule has 0 aliphatic carbocycles. The van der Waals surface area contributed by atoms with E-state index in [1.165, 1.54) is 4.80 Å². The Morgan fingerprint density at radius 1 is 1.29 bits per heavy atom. The number of aromatic nitrogens is 3. The highest BCUT2D eigenvalue weighted by Crippen LogP contribution is 2.26. The zero-order valence-electron chi connectivity index (χ0n) is 13.6. The van der Waals surface area contributed by atoms with Crippen LogP contribution in [-0.2, 0) is 0 Å². The fourth-order valence-corrected chi connectivity index (χ4v) is 3.13. The third kappa shape index (κ3) is 3.07. The Hall–Kier alpha value is -2.54. The highest BCUT2D eigenvalue weighted by molar-refractivity contribution is 5.98. The SMILES string of the molecule is C[C@@H]1CC[C@@H](C(=N)CO)CN1C(=O)c1ccccc1-n1nccn1. The molecule has 1 amide bonds. The Labute approximate surface area is 140 Å². The van der Waals surface area contributed by atoms with Crippen molar-refractivity contribution in [3.8, 4) is 5.69 Å². The lowest BCUT2D eigenvalue weighted by atomic mass is 9.89. The molecule has 7 heteroatoms. The van der Waals surface area contributed by atoms with E-state index < -0.39 is 0 Å². The van der Waals surface area contributed by atoms with Crippen LogP contribution in [-0.4, -0.2) is 55.8 Å². The molecule has 1 aliphatic rings. The first kappa shape index (κ1) is 16.3. The molecule has 2 aromatic rings. The predicted octanol–water partition coefficient (Wildman–Crippen LogP) is 1.52. The average molecular weight is 327 g/mol. The van der Waals surface area contributed by atoms with Crippen LogP contribution in [0.25, 0.3) is 5.69 Å². The largest absolute Gasteiger partial charge is 0.390 e. The Balaban J connectivity index is 1.90. The fourth-order valence-electron chi connectivity index (χ4n) is 3.13. The number of hydrogen-bond acceptors (Lipinski definition) is 5. The summed E-state index contributed by atoms with van der Waals surface area (Å²) in [4.78, 5) is 16.3. The molecule has 0 unspecified atom stereocenters. The summed E-state index contributed by atoms with van der Waals surface area (Å²) in [5.74, 6) is -0.170. The molecule has 24 heavy (non-hydrogen) atoms. The van der Waals surface area contributed by atoms with Crippen LogP contribution in [0, 0.1) is 11.3 Å². The summed E-state index contributed by atoms with van der Waals surface area (Å²) in [7, 11) is 0. The molecule has 2 N–H and O–H groups in total. The lowest BCUT2D eigenvalue weighted by Gasteiger charge is -2.38. The fraction of sp³-hybridized carbons (Fsp3) is 0.412. The van der Waals surface area contributed by atoms with Gasteiger partial charge in [0.1, 0.15) is 0 Å². The number of piperidine rings is 1. The minimum Gasteiger partial charge on any atom is -0.390 e. The summed E-state index contributed by atoms with van der Waals surface area (Å²) >= 11 is 0. The first-order chi connectivity index (χ1) is 11.6. The molecule has 0 bridgehead atoms. The Morgan fingerprint density at radius 3 is 2.71 bits per heavy atom. The van der Waals surface area contributed by atoms with Crippen LogP contribution in [0.4, 0.5) is 0 Å². The first-order valence-electron chi connectivity index (χ1n) is 8.06. The van der Waals surface area contributed by atoms with Crippen LogP contribution in [0.2, 0.25) is 0 Å². The maximum atomic E-state index is 13.1. The lowest BCUT2D eigenvalue weighted by molar-refractivity contribution is 0.0600. The molecule has 126 valence electrons. The van der Waals surface area contributed by atoms with E-state index >= 15 is 0 Å². The van der Waals surface area contributed by atoms with Crippen molar-refractivity contribution >= 4 is 11.6 Å². The standard InChI is InChI=1S/C17H21N5O2/c1-12-6-7-13(15(18)11-23)10-21(12)17(24)14-4-2-3-5-16(14)22-19-8-9-20-22/h2-5,8-9,12-13,18,23H,6-7,10-11H2,1H3/t12-,13-/m1/s1. The summed E-state index contributed by atoms with van der Waals surface area (Å²) in [6.45, 7) is 2.22. The van der Waals surface area contributed by atoms with Gasteiger partial charge in [0.05, 0.1) is 30.3 Å². The average Bonchev–Trinajstić information content (AvgIpc) is 3.15. The number of rotatable bonds is 4. The second-order valence-corrected chi connectivity index (χ2v) is 6.10. The number of likely N-dealkylation sites (tertiary alicyclic amines) is 1. The van der Waals surface area contributed by atoms with Crippen LogP contribution in [0.15, 0.2) is 36.7 Å². The van der Waals surface area contributed by atoms with Gasteiger partial charge in [-0.15, -0.1) is 0 Å². The summed E-state index contributed by atoms with van der Waals surface area (Å²) in [5, 5.41) is 25.3. The van der Waals surface area contributed by atoms with Crippen LogP contribution >= 0.6 is 0 Å². The van der Waals surface area contributed by atoms with Gasteiger partial charge in [0.2, 0.25) is 0 Å². The summed E-state index contributed by atoms with van der Waals surface area (Å²) in [5.41, 5.74) is 1.47. The lowest BCUT2D eigenvalue weighted by Crippen LogP contribution is -2.47. The van der Waals surface area contributed by atoms with Crippen molar-refractivity contribution in [2.45, 2.75) is 25.8 Å². The van der Waals surface area contributed by atoms with E-state index in [0.29, 0.717) is 23.5 Å². The van der Waals surface area contributed by atoms with E-state index in [1.807, 2.05) is 25.1 Å². The molecule has 1 aliphatic heterocycles. The van der Waals surface area contributed by atoms with Gasteiger partial charge in [0.25, 0.3) is 5.91 Å². The molecular formula is C17H21N5O2. The van der Waals surface area contributed by atoms with Gasteiger partial charge in [-0.2, -0.15) is 15.0 Å². The number of para-hydroxylation sites is 1. The number of aliphatic hydroxyl groups excluding tert-OH is 1. The topological polar surface area (TPSA) is 95.1 Å². The highest BCUT2D eigenvalue weighted by Gasteiger charge is 2.32. The maximum absolute atomic E-state index is 13.1. The number of hydrogen-bond donors (Lipinski definition) is 2. The van der Waals surface area contributed by atoms with Crippen molar-refractivity contribution in [3.05, 3.63) is 42.2 Å². The van der Waals surface area contributed by atoms with E-state index in [9.17, 15) is 9.90 Å². The van der Waals surface area contributed by atoms with Gasteiger partial charge in [-0.1, -0.05) is 12.1 Å². The minimum atomic E-state index is -0.255. The first-order valence-corrected chi connectivity index (χ1v) is 8.06. The number of amides is 1. The smallest absolute Gasteiger partial charge is 0.256 e. The van der Waals surface area contributed by atoms with Gasteiger partial charge in [0, 0.05) is 24.2 Å². The highest BCUT2D eigenvalue weighted by atomic mass is 16.3. The number of carbonyl (C=O) groups excluding carboxylic acids is 1. The van der Waals surface area contributed by atoms with Gasteiger partial charge in [-0.3, -0.25) is 4.79 Å². The van der Waals surface area contributed by atoms with E-state index in [2.05, 4.69) is 10.2 Å². The predicted molar refractivity (Wildman–Crippen MR) is 89.4 cm³/mol. The molecule has 7 nitrogen and oxygen atoms in total. The van der Waals surface area contributed by atoms with Gasteiger partial charge in [0.15, 0.2) is 0 Å². The van der Waals surface area contributed by atoms with Crippen molar-refractivity contribution in [2.24, 2.45) is 5.92 Å². The molecule has 0 radical (unpaired) electrons. The van der Waals surface area contributed by atoms with Crippen molar-refractivity contribution in [1.29, 1.82) is 5.41 Å². The molecule has 2 atom stereocenters. The third-order valence-electron chi connectivity index (χ3n) is 4.57. The van der Waals surface area contributed by atoms with Crippen LogP contribution < -0.4 is 0 Å². The van der Waals surface area contributed by atoms with E-state index in [4.69, 9.17) is 5.41 Å². The second-order valence-electron chi connectivity index (χ2n) is 6.10. The summed E-state index contributed by atoms with van der Waals surface area (Å²) in [6.07, 6.45) is 4.79. The molecule has 2 heterocycles. The molecule has 1 fully saturated rings. The van der Waals surface area contributed by atoms with Crippen molar-refractivity contribution in [3.63, 3.8) is 0 Å². The van der Waals surface area contributed by atoms with Gasteiger partial charge < -0.3 is 15.4 Å². The molecule has 1 saturated heterocycles. The van der Waals surface area contributed by atoms with E-state index in [-0.39, 0.29) is 24.5 Å². The molecule has 0 spiro atoms. The van der Waals surface area contributed by atoms with Crippen molar-refractivity contribution < 1.29 is 9.90 Å². The van der Waals surface area contributed by atoms with Crippen LogP contribution in [0.3, 0.4) is 0 Å². The second kappa shape index (κ2) is 6.92. The molecular weight excluding hydrogens is 306 g/mol. The number of benzene rings is 1. The number of nitrogens with zero attached hydrogens (tertiary/aromatic N) is 4. The van der Waals surface area contributed by atoms with E-state index in [0.717, 1.165) is 12.8 Å². The Bertz CT molecular complexity index is 728. The van der Waals surface area contributed by atoms with Gasteiger partial charge in [-0.05, 0) is 31.9 Å².